The van der Waals surface area contributed by atoms with Crippen LogP contribution in [0, 0.1) is 5.41 Å². The molecule has 0 spiro atoms. The molecule has 0 saturated carbocycles. The van der Waals surface area contributed by atoms with Crippen LogP contribution in [-0.4, -0.2) is 40.1 Å². The number of rotatable bonds is 4. The predicted octanol–water partition coefficient (Wildman–Crippen LogP) is 3.49. The van der Waals surface area contributed by atoms with Crippen molar-refractivity contribution in [1.82, 2.24) is 9.38 Å². The van der Waals surface area contributed by atoms with Gasteiger partial charge < -0.3 is 15.7 Å². The van der Waals surface area contributed by atoms with E-state index < -0.39 is 0 Å². The maximum Gasteiger partial charge on any atom is 0.252 e. The number of carbonyl (C=O) groups is 1. The Bertz CT molecular complexity index is 1110. The minimum absolute atomic E-state index is 0. The number of benzene rings is 1. The maximum atomic E-state index is 12.4. The molecule has 0 bridgehead atoms. The first kappa shape index (κ1) is 20.9. The van der Waals surface area contributed by atoms with E-state index in [1.54, 1.807) is 0 Å². The molecule has 0 unspecified atom stereocenters. The lowest BCUT2D eigenvalue weighted by molar-refractivity contribution is 0.0920. The quantitative estimate of drug-likeness (QED) is 0.666. The summed E-state index contributed by atoms with van der Waals surface area (Å²) in [5.41, 5.74) is 11.4. The van der Waals surface area contributed by atoms with Gasteiger partial charge in [-0.15, -0.1) is 12.4 Å². The minimum Gasteiger partial charge on any atom is -0.396 e. The van der Waals surface area contributed by atoms with Crippen LogP contribution in [0.2, 0.25) is 0 Å². The number of nitrogens with two attached hydrogens (primary N) is 1. The first-order chi connectivity index (χ1) is 14.1. The second-order valence-electron chi connectivity index (χ2n) is 8.63. The van der Waals surface area contributed by atoms with E-state index in [1.807, 2.05) is 18.2 Å². The molecule has 7 heteroatoms. The van der Waals surface area contributed by atoms with Crippen LogP contribution in [-0.2, 0) is 12.8 Å². The number of piperidine rings is 1. The van der Waals surface area contributed by atoms with Gasteiger partial charge in [-0.2, -0.15) is 0 Å². The molecule has 2 aliphatic rings. The van der Waals surface area contributed by atoms with Crippen LogP contribution in [0.4, 0.5) is 5.82 Å². The van der Waals surface area contributed by atoms with Gasteiger partial charge in [0.05, 0.1) is 16.6 Å². The zero-order valence-electron chi connectivity index (χ0n) is 17.4. The predicted molar refractivity (Wildman–Crippen MR) is 122 cm³/mol. The van der Waals surface area contributed by atoms with Crippen molar-refractivity contribution in [3.05, 3.63) is 41.0 Å². The van der Waals surface area contributed by atoms with E-state index in [0.717, 1.165) is 68.2 Å². The Morgan fingerprint density at radius 3 is 2.57 bits per heavy atom. The van der Waals surface area contributed by atoms with Crippen LogP contribution >= 0.6 is 12.4 Å². The number of aliphatic hydroxyl groups is 1. The third-order valence-electron chi connectivity index (χ3n) is 7.24. The summed E-state index contributed by atoms with van der Waals surface area (Å²) < 4.78 is 2.16. The highest BCUT2D eigenvalue weighted by Crippen LogP contribution is 2.42. The van der Waals surface area contributed by atoms with Gasteiger partial charge in [0.15, 0.2) is 5.65 Å². The number of primary amides is 1. The van der Waals surface area contributed by atoms with E-state index >= 15 is 0 Å². The SMILES string of the molecule is CCC1(CO)CCN(c2c3c(c(C(N)=O)c4nc5ccccc5n24)CCC3)CC1.Cl. The summed E-state index contributed by atoms with van der Waals surface area (Å²) in [6.45, 7) is 4.23. The first-order valence-corrected chi connectivity index (χ1v) is 10.7. The molecule has 3 N–H and O–H groups in total. The largest absolute Gasteiger partial charge is 0.396 e. The fourth-order valence-electron chi connectivity index (χ4n) is 5.35. The van der Waals surface area contributed by atoms with Crippen molar-refractivity contribution in [3.8, 4) is 0 Å². The highest BCUT2D eigenvalue weighted by Gasteiger charge is 2.36. The number of para-hydroxylation sites is 2. The van der Waals surface area contributed by atoms with Gasteiger partial charge in [0.25, 0.3) is 5.91 Å². The number of hydrogen-bond donors (Lipinski definition) is 2. The van der Waals surface area contributed by atoms with E-state index in [1.165, 1.54) is 11.4 Å². The number of halogens is 1. The summed E-state index contributed by atoms with van der Waals surface area (Å²) in [6.07, 6.45) is 5.82. The normalized spacial score (nSPS) is 17.9. The van der Waals surface area contributed by atoms with E-state index in [0.29, 0.717) is 11.2 Å². The molecule has 1 amide bonds. The Hall–Kier alpha value is -2.31. The van der Waals surface area contributed by atoms with Gasteiger partial charge in [-0.25, -0.2) is 4.98 Å². The van der Waals surface area contributed by atoms with Crippen molar-refractivity contribution in [2.45, 2.75) is 45.4 Å². The molecule has 5 rings (SSSR count). The Balaban J connectivity index is 0.00000218. The fraction of sp³-hybridized carbons (Fsp3) is 0.478. The molecule has 30 heavy (non-hydrogen) atoms. The highest BCUT2D eigenvalue weighted by molar-refractivity contribution is 6.03. The molecule has 1 saturated heterocycles. The summed E-state index contributed by atoms with van der Waals surface area (Å²) >= 11 is 0. The number of fused-ring (bicyclic) bond motifs is 4. The van der Waals surface area contributed by atoms with Crippen molar-refractivity contribution >= 4 is 40.8 Å². The molecule has 3 aromatic rings. The Kier molecular flexibility index (Phi) is 5.41. The standard InChI is InChI=1S/C23H28N4O2.ClH/c1-2-23(14-28)10-12-26(13-11-23)22-16-7-5-6-15(16)19(20(24)29)21-25-17-8-3-4-9-18(17)27(21)22;/h3-4,8-9,28H,2,5-7,10-14H2,1H3,(H2,24,29);1H. The van der Waals surface area contributed by atoms with E-state index in [9.17, 15) is 9.90 Å². The van der Waals surface area contributed by atoms with Gasteiger partial charge >= 0.3 is 0 Å². The lowest BCUT2D eigenvalue weighted by Crippen LogP contribution is -2.43. The smallest absolute Gasteiger partial charge is 0.252 e. The molecule has 2 aromatic heterocycles. The van der Waals surface area contributed by atoms with Crippen LogP contribution in [0.25, 0.3) is 16.7 Å². The first-order valence-electron chi connectivity index (χ1n) is 10.7. The molecule has 3 heterocycles. The Morgan fingerprint density at radius 2 is 1.90 bits per heavy atom. The van der Waals surface area contributed by atoms with Gasteiger partial charge in [-0.1, -0.05) is 19.1 Å². The van der Waals surface area contributed by atoms with Gasteiger partial charge in [-0.3, -0.25) is 9.20 Å². The van der Waals surface area contributed by atoms with Crippen LogP contribution < -0.4 is 10.6 Å². The van der Waals surface area contributed by atoms with E-state index in [-0.39, 0.29) is 30.3 Å². The number of hydrogen-bond acceptors (Lipinski definition) is 4. The molecule has 6 nitrogen and oxygen atoms in total. The average Bonchev–Trinajstić information content (AvgIpc) is 3.36. The minimum atomic E-state index is -0.390. The van der Waals surface area contributed by atoms with Crippen LogP contribution in [0.3, 0.4) is 0 Å². The van der Waals surface area contributed by atoms with Crippen molar-refractivity contribution in [3.63, 3.8) is 0 Å². The summed E-state index contributed by atoms with van der Waals surface area (Å²) in [6, 6.07) is 8.05. The van der Waals surface area contributed by atoms with E-state index in [2.05, 4.69) is 22.3 Å². The molecule has 0 atom stereocenters. The van der Waals surface area contributed by atoms with Gasteiger partial charge in [-0.05, 0) is 67.2 Å². The zero-order valence-corrected chi connectivity index (χ0v) is 18.2. The number of imidazole rings is 1. The number of anilines is 1. The number of pyridine rings is 1. The summed E-state index contributed by atoms with van der Waals surface area (Å²) in [4.78, 5) is 19.7. The second kappa shape index (κ2) is 7.75. The lowest BCUT2D eigenvalue weighted by Gasteiger charge is -2.42. The van der Waals surface area contributed by atoms with Crippen molar-refractivity contribution in [1.29, 1.82) is 0 Å². The third kappa shape index (κ3) is 2.96. The molecule has 0 radical (unpaired) electrons. The van der Waals surface area contributed by atoms with Crippen molar-refractivity contribution in [2.24, 2.45) is 11.1 Å². The second-order valence-corrected chi connectivity index (χ2v) is 8.63. The monoisotopic (exact) mass is 428 g/mol. The van der Waals surface area contributed by atoms with Crippen molar-refractivity contribution < 1.29 is 9.90 Å². The lowest BCUT2D eigenvalue weighted by atomic mass is 9.77. The number of amides is 1. The summed E-state index contributed by atoms with van der Waals surface area (Å²) in [7, 11) is 0. The number of aromatic nitrogens is 2. The molecule has 1 aliphatic heterocycles. The Morgan fingerprint density at radius 1 is 1.20 bits per heavy atom. The average molecular weight is 429 g/mol. The van der Waals surface area contributed by atoms with Crippen LogP contribution in [0.1, 0.15) is 54.1 Å². The highest BCUT2D eigenvalue weighted by atomic mass is 35.5. The molecule has 1 fully saturated rings. The number of nitrogens with zero attached hydrogens (tertiary/aromatic N) is 3. The van der Waals surface area contributed by atoms with Crippen LogP contribution in [0.5, 0.6) is 0 Å². The summed E-state index contributed by atoms with van der Waals surface area (Å²) in [5, 5.41) is 9.95. The fourth-order valence-corrected chi connectivity index (χ4v) is 5.35. The number of carbonyl (C=O) groups excluding carboxylic acids is 1. The van der Waals surface area contributed by atoms with Crippen molar-refractivity contribution in [2.75, 3.05) is 24.6 Å². The molecular formula is C23H29ClN4O2. The molecule has 1 aromatic carbocycles. The molecule has 1 aliphatic carbocycles. The Labute approximate surface area is 182 Å². The third-order valence-corrected chi connectivity index (χ3v) is 7.24. The van der Waals surface area contributed by atoms with E-state index in [4.69, 9.17) is 10.7 Å². The van der Waals surface area contributed by atoms with Crippen LogP contribution in [0.15, 0.2) is 24.3 Å². The zero-order chi connectivity index (χ0) is 20.2. The maximum absolute atomic E-state index is 12.4. The molecule has 160 valence electrons. The molecular weight excluding hydrogens is 400 g/mol. The topological polar surface area (TPSA) is 83.9 Å². The summed E-state index contributed by atoms with van der Waals surface area (Å²) in [5.74, 6) is 0.785. The van der Waals surface area contributed by atoms with Gasteiger partial charge in [0.2, 0.25) is 0 Å². The van der Waals surface area contributed by atoms with Gasteiger partial charge in [0, 0.05) is 19.7 Å². The number of aliphatic hydroxyl groups excluding tert-OH is 1. The van der Waals surface area contributed by atoms with Gasteiger partial charge in [0.1, 0.15) is 5.82 Å².